The lowest BCUT2D eigenvalue weighted by Crippen LogP contribution is -2.47. The summed E-state index contributed by atoms with van der Waals surface area (Å²) in [5.41, 5.74) is 2.01. The van der Waals surface area contributed by atoms with Gasteiger partial charge in [0.25, 0.3) is 5.69 Å². The third-order valence-corrected chi connectivity index (χ3v) is 4.69. The molecule has 1 unspecified atom stereocenters. The maximum absolute atomic E-state index is 10.9. The van der Waals surface area contributed by atoms with Crippen molar-refractivity contribution < 1.29 is 4.92 Å². The summed E-state index contributed by atoms with van der Waals surface area (Å²) >= 11 is 0. The summed E-state index contributed by atoms with van der Waals surface area (Å²) in [6, 6.07) is 11.0. The second kappa shape index (κ2) is 7.28. The second-order valence-electron chi connectivity index (χ2n) is 6.06. The van der Waals surface area contributed by atoms with Gasteiger partial charge in [0.1, 0.15) is 11.6 Å². The predicted octanol–water partition coefficient (Wildman–Crippen LogP) is 2.74. The third kappa shape index (κ3) is 3.59. The van der Waals surface area contributed by atoms with Crippen molar-refractivity contribution >= 4 is 11.4 Å². The Balaban J connectivity index is 1.68. The molecular formula is C18H19N5O2. The van der Waals surface area contributed by atoms with Crippen LogP contribution in [0.25, 0.3) is 0 Å². The van der Waals surface area contributed by atoms with Crippen LogP contribution >= 0.6 is 0 Å². The number of hydrogen-bond acceptors (Lipinski definition) is 6. The van der Waals surface area contributed by atoms with Crippen molar-refractivity contribution in [3.8, 4) is 6.07 Å². The normalized spacial score (nSPS) is 16.2. The molecule has 2 heterocycles. The molecule has 7 heteroatoms. The molecule has 3 rings (SSSR count). The van der Waals surface area contributed by atoms with E-state index in [0.717, 1.165) is 31.9 Å². The molecule has 1 aromatic carbocycles. The highest BCUT2D eigenvalue weighted by atomic mass is 16.6. The number of nitriles is 1. The number of rotatable bonds is 4. The van der Waals surface area contributed by atoms with Crippen molar-refractivity contribution in [2.24, 2.45) is 0 Å². The molecule has 1 aliphatic heterocycles. The largest absolute Gasteiger partial charge is 0.369 e. The zero-order valence-corrected chi connectivity index (χ0v) is 14.0. The maximum atomic E-state index is 10.9. The van der Waals surface area contributed by atoms with Crippen LogP contribution in [0.15, 0.2) is 42.7 Å². The molecule has 1 aromatic heterocycles. The Bertz CT molecular complexity index is 795. The van der Waals surface area contributed by atoms with Crippen LogP contribution in [-0.4, -0.2) is 41.0 Å². The average Bonchev–Trinajstić information content (AvgIpc) is 2.67. The minimum atomic E-state index is -0.518. The molecule has 0 aliphatic carbocycles. The Hall–Kier alpha value is -2.98. The Morgan fingerprint density at radius 3 is 2.64 bits per heavy atom. The van der Waals surface area contributed by atoms with Gasteiger partial charge in [0.15, 0.2) is 0 Å². The molecule has 1 atom stereocenters. The number of anilines is 1. The zero-order chi connectivity index (χ0) is 17.8. The first kappa shape index (κ1) is 16.9. The number of nitro benzene ring substituents is 1. The number of nitrogens with zero attached hydrogens (tertiary/aromatic N) is 5. The Morgan fingerprint density at radius 2 is 2.04 bits per heavy atom. The van der Waals surface area contributed by atoms with Crippen LogP contribution in [0.4, 0.5) is 11.4 Å². The summed E-state index contributed by atoms with van der Waals surface area (Å²) in [5.74, 6) is 0. The summed E-state index contributed by atoms with van der Waals surface area (Å²) in [7, 11) is 0. The van der Waals surface area contributed by atoms with Gasteiger partial charge in [-0.05, 0) is 30.7 Å². The van der Waals surface area contributed by atoms with E-state index in [2.05, 4.69) is 27.8 Å². The molecule has 0 N–H and O–H groups in total. The Morgan fingerprint density at radius 1 is 1.28 bits per heavy atom. The minimum absolute atomic E-state index is 0.105. The minimum Gasteiger partial charge on any atom is -0.369 e. The van der Waals surface area contributed by atoms with E-state index < -0.39 is 4.92 Å². The molecule has 0 amide bonds. The molecule has 128 valence electrons. The first-order valence-corrected chi connectivity index (χ1v) is 8.17. The van der Waals surface area contributed by atoms with E-state index >= 15 is 0 Å². The lowest BCUT2D eigenvalue weighted by molar-refractivity contribution is -0.385. The van der Waals surface area contributed by atoms with Crippen molar-refractivity contribution in [1.29, 1.82) is 5.26 Å². The van der Waals surface area contributed by atoms with E-state index in [1.807, 2.05) is 18.3 Å². The highest BCUT2D eigenvalue weighted by Gasteiger charge is 2.23. The van der Waals surface area contributed by atoms with Gasteiger partial charge in [-0.1, -0.05) is 6.07 Å². The molecule has 1 fully saturated rings. The van der Waals surface area contributed by atoms with Gasteiger partial charge in [0.2, 0.25) is 0 Å². The van der Waals surface area contributed by atoms with Crippen LogP contribution < -0.4 is 4.90 Å². The van der Waals surface area contributed by atoms with Crippen molar-refractivity contribution in [3.63, 3.8) is 0 Å². The van der Waals surface area contributed by atoms with Gasteiger partial charge in [0, 0.05) is 56.4 Å². The zero-order valence-electron chi connectivity index (χ0n) is 14.0. The van der Waals surface area contributed by atoms with E-state index in [9.17, 15) is 10.1 Å². The van der Waals surface area contributed by atoms with Crippen molar-refractivity contribution in [1.82, 2.24) is 9.88 Å². The summed E-state index contributed by atoms with van der Waals surface area (Å²) in [6.07, 6.45) is 3.67. The first-order chi connectivity index (χ1) is 12.1. The van der Waals surface area contributed by atoms with Crippen molar-refractivity contribution in [2.75, 3.05) is 31.1 Å². The van der Waals surface area contributed by atoms with E-state index in [1.54, 1.807) is 18.3 Å². The number of piperazine rings is 1. The van der Waals surface area contributed by atoms with Gasteiger partial charge in [-0.25, -0.2) is 0 Å². The van der Waals surface area contributed by atoms with Gasteiger partial charge < -0.3 is 4.90 Å². The van der Waals surface area contributed by atoms with Crippen LogP contribution in [0.2, 0.25) is 0 Å². The molecule has 0 spiro atoms. The SMILES string of the molecule is CC(c1cccnc1)N1CCN(c2ccc([N+](=O)[O-])c(C#N)c2)CC1. The number of hydrogen-bond donors (Lipinski definition) is 0. The van der Waals surface area contributed by atoms with Crippen LogP contribution in [0.5, 0.6) is 0 Å². The predicted molar refractivity (Wildman–Crippen MR) is 94.2 cm³/mol. The number of nitro groups is 1. The highest BCUT2D eigenvalue weighted by molar-refractivity contribution is 5.60. The van der Waals surface area contributed by atoms with Gasteiger partial charge in [-0.3, -0.25) is 20.0 Å². The third-order valence-electron chi connectivity index (χ3n) is 4.69. The topological polar surface area (TPSA) is 86.3 Å². The van der Waals surface area contributed by atoms with Gasteiger partial charge >= 0.3 is 0 Å². The molecular weight excluding hydrogens is 318 g/mol. The van der Waals surface area contributed by atoms with E-state index in [0.29, 0.717) is 6.04 Å². The molecule has 0 saturated carbocycles. The summed E-state index contributed by atoms with van der Waals surface area (Å²) in [4.78, 5) is 19.2. The van der Waals surface area contributed by atoms with E-state index in [1.165, 1.54) is 11.6 Å². The molecule has 0 radical (unpaired) electrons. The summed E-state index contributed by atoms with van der Waals surface area (Å²) in [6.45, 7) is 5.57. The van der Waals surface area contributed by atoms with Crippen molar-refractivity contribution in [2.45, 2.75) is 13.0 Å². The fourth-order valence-electron chi connectivity index (χ4n) is 3.17. The molecule has 0 bridgehead atoms. The molecule has 1 saturated heterocycles. The fraction of sp³-hybridized carbons (Fsp3) is 0.333. The fourth-order valence-corrected chi connectivity index (χ4v) is 3.17. The van der Waals surface area contributed by atoms with E-state index in [4.69, 9.17) is 5.26 Å². The van der Waals surface area contributed by atoms with Gasteiger partial charge in [-0.2, -0.15) is 5.26 Å². The van der Waals surface area contributed by atoms with E-state index in [-0.39, 0.29) is 11.3 Å². The lowest BCUT2D eigenvalue weighted by atomic mass is 10.1. The average molecular weight is 337 g/mol. The van der Waals surface area contributed by atoms with Crippen LogP contribution in [0.1, 0.15) is 24.1 Å². The summed E-state index contributed by atoms with van der Waals surface area (Å²) in [5, 5.41) is 20.1. The van der Waals surface area contributed by atoms with Crippen molar-refractivity contribution in [3.05, 3.63) is 64.0 Å². The molecule has 1 aliphatic rings. The monoisotopic (exact) mass is 337 g/mol. The number of benzene rings is 1. The molecule has 25 heavy (non-hydrogen) atoms. The van der Waals surface area contributed by atoms with Crippen LogP contribution in [-0.2, 0) is 0 Å². The Labute approximate surface area is 146 Å². The number of pyridine rings is 1. The second-order valence-corrected chi connectivity index (χ2v) is 6.06. The Kier molecular flexibility index (Phi) is 4.91. The first-order valence-electron chi connectivity index (χ1n) is 8.17. The maximum Gasteiger partial charge on any atom is 0.287 e. The van der Waals surface area contributed by atoms with Gasteiger partial charge in [0.05, 0.1) is 4.92 Å². The highest BCUT2D eigenvalue weighted by Crippen LogP contribution is 2.27. The van der Waals surface area contributed by atoms with Crippen LogP contribution in [0.3, 0.4) is 0 Å². The molecule has 2 aromatic rings. The standard InChI is InChI=1S/C18H19N5O2/c1-14(15-3-2-6-20-13-15)21-7-9-22(10-8-21)17-4-5-18(23(24)25)16(11-17)12-19/h2-6,11,13-14H,7-10H2,1H3. The summed E-state index contributed by atoms with van der Waals surface area (Å²) < 4.78 is 0. The van der Waals surface area contributed by atoms with Crippen LogP contribution in [0, 0.1) is 21.4 Å². The number of aromatic nitrogens is 1. The van der Waals surface area contributed by atoms with Gasteiger partial charge in [-0.15, -0.1) is 0 Å². The quantitative estimate of drug-likeness (QED) is 0.630. The lowest BCUT2D eigenvalue weighted by Gasteiger charge is -2.39. The molecule has 7 nitrogen and oxygen atoms in total. The smallest absolute Gasteiger partial charge is 0.287 e.